The second-order valence-corrected chi connectivity index (χ2v) is 5.79. The third-order valence-electron chi connectivity index (χ3n) is 2.67. The van der Waals surface area contributed by atoms with Crippen LogP contribution in [0.1, 0.15) is 26.3 Å². The summed E-state index contributed by atoms with van der Waals surface area (Å²) in [5, 5.41) is 9.93. The summed E-state index contributed by atoms with van der Waals surface area (Å²) in [4.78, 5) is 2.04. The van der Waals surface area contributed by atoms with E-state index in [0.29, 0.717) is 13.2 Å². The van der Waals surface area contributed by atoms with E-state index in [4.69, 9.17) is 4.74 Å². The lowest BCUT2D eigenvalue weighted by Gasteiger charge is -2.26. The molecule has 0 bridgehead atoms. The monoisotopic (exact) mass is 251 g/mol. The fourth-order valence-corrected chi connectivity index (χ4v) is 1.62. The lowest BCUT2D eigenvalue weighted by Crippen LogP contribution is -2.34. The van der Waals surface area contributed by atoms with Crippen LogP contribution in [0.3, 0.4) is 0 Å². The second kappa shape index (κ2) is 6.21. The van der Waals surface area contributed by atoms with E-state index < -0.39 is 6.10 Å². The Balaban J connectivity index is 2.44. The molecule has 3 nitrogen and oxygen atoms in total. The summed E-state index contributed by atoms with van der Waals surface area (Å²) in [6.45, 7) is 8.96. The summed E-state index contributed by atoms with van der Waals surface area (Å²) < 4.78 is 5.57. The van der Waals surface area contributed by atoms with Gasteiger partial charge >= 0.3 is 0 Å². The highest BCUT2D eigenvalue weighted by molar-refractivity contribution is 5.46. The van der Waals surface area contributed by atoms with Gasteiger partial charge in [-0.2, -0.15) is 0 Å². The highest BCUT2D eigenvalue weighted by atomic mass is 16.5. The zero-order valence-corrected chi connectivity index (χ0v) is 12.1. The van der Waals surface area contributed by atoms with Crippen molar-refractivity contribution in [3.05, 3.63) is 29.8 Å². The van der Waals surface area contributed by atoms with Gasteiger partial charge in [0.2, 0.25) is 0 Å². The van der Waals surface area contributed by atoms with Gasteiger partial charge in [0.25, 0.3) is 0 Å². The third-order valence-corrected chi connectivity index (χ3v) is 2.67. The molecule has 0 aliphatic carbocycles. The minimum absolute atomic E-state index is 0.205. The molecule has 1 aromatic carbocycles. The van der Waals surface area contributed by atoms with Gasteiger partial charge in [0.1, 0.15) is 0 Å². The van der Waals surface area contributed by atoms with Gasteiger partial charge in [-0.1, -0.05) is 17.7 Å². The van der Waals surface area contributed by atoms with Crippen LogP contribution >= 0.6 is 0 Å². The summed E-state index contributed by atoms with van der Waals surface area (Å²) in [5.74, 6) is 0. The predicted molar refractivity (Wildman–Crippen MR) is 76.2 cm³/mol. The second-order valence-electron chi connectivity index (χ2n) is 5.79. The van der Waals surface area contributed by atoms with Crippen molar-refractivity contribution < 1.29 is 9.84 Å². The quantitative estimate of drug-likeness (QED) is 0.873. The van der Waals surface area contributed by atoms with Gasteiger partial charge in [0, 0.05) is 19.3 Å². The minimum atomic E-state index is -0.476. The molecule has 0 spiro atoms. The van der Waals surface area contributed by atoms with Crippen molar-refractivity contribution in [2.24, 2.45) is 0 Å². The Morgan fingerprint density at radius 1 is 1.22 bits per heavy atom. The molecule has 0 saturated heterocycles. The number of hydrogen-bond acceptors (Lipinski definition) is 3. The minimum Gasteiger partial charge on any atom is -0.389 e. The fraction of sp³-hybridized carbons (Fsp3) is 0.600. The van der Waals surface area contributed by atoms with Crippen LogP contribution in [0.5, 0.6) is 0 Å². The Morgan fingerprint density at radius 2 is 1.78 bits per heavy atom. The fourth-order valence-electron chi connectivity index (χ4n) is 1.62. The van der Waals surface area contributed by atoms with Crippen molar-refractivity contribution in [3.8, 4) is 0 Å². The largest absolute Gasteiger partial charge is 0.389 e. The molecular formula is C15H25NO2. The van der Waals surface area contributed by atoms with Gasteiger partial charge in [-0.3, -0.25) is 0 Å². The van der Waals surface area contributed by atoms with Crippen LogP contribution in [0.2, 0.25) is 0 Å². The number of aryl methyl sites for hydroxylation is 1. The molecule has 0 radical (unpaired) electrons. The summed E-state index contributed by atoms with van der Waals surface area (Å²) in [6.07, 6.45) is -0.476. The third kappa shape index (κ3) is 5.52. The van der Waals surface area contributed by atoms with Crippen LogP contribution in [-0.2, 0) is 4.74 Å². The zero-order chi connectivity index (χ0) is 13.8. The number of nitrogens with zero attached hydrogens (tertiary/aromatic N) is 1. The maximum Gasteiger partial charge on any atom is 0.0948 e. The zero-order valence-electron chi connectivity index (χ0n) is 12.1. The summed E-state index contributed by atoms with van der Waals surface area (Å²) in [5.41, 5.74) is 2.14. The molecule has 0 amide bonds. The Labute approximate surface area is 110 Å². The summed E-state index contributed by atoms with van der Waals surface area (Å²) >= 11 is 0. The number of anilines is 1. The van der Waals surface area contributed by atoms with Crippen molar-refractivity contribution in [3.63, 3.8) is 0 Å². The Morgan fingerprint density at radius 3 is 2.28 bits per heavy atom. The lowest BCUT2D eigenvalue weighted by molar-refractivity contribution is -0.0461. The maximum absolute atomic E-state index is 9.93. The van der Waals surface area contributed by atoms with Gasteiger partial charge in [-0.05, 0) is 39.8 Å². The number of benzene rings is 1. The molecular weight excluding hydrogens is 226 g/mol. The van der Waals surface area contributed by atoms with E-state index in [2.05, 4.69) is 31.2 Å². The molecule has 18 heavy (non-hydrogen) atoms. The number of likely N-dealkylation sites (N-methyl/N-ethyl adjacent to an activating group) is 1. The highest BCUT2D eigenvalue weighted by Crippen LogP contribution is 2.14. The van der Waals surface area contributed by atoms with E-state index in [1.165, 1.54) is 5.56 Å². The van der Waals surface area contributed by atoms with Crippen LogP contribution in [0.15, 0.2) is 24.3 Å². The van der Waals surface area contributed by atoms with E-state index in [-0.39, 0.29) is 5.60 Å². The predicted octanol–water partition coefficient (Wildman–Crippen LogP) is 2.61. The first-order valence-electron chi connectivity index (χ1n) is 6.38. The summed E-state index contributed by atoms with van der Waals surface area (Å²) in [6, 6.07) is 8.27. The highest BCUT2D eigenvalue weighted by Gasteiger charge is 2.15. The lowest BCUT2D eigenvalue weighted by atomic mass is 10.2. The van der Waals surface area contributed by atoms with Crippen molar-refractivity contribution in [1.82, 2.24) is 0 Å². The van der Waals surface area contributed by atoms with Crippen LogP contribution in [0, 0.1) is 6.92 Å². The molecule has 1 N–H and O–H groups in total. The van der Waals surface area contributed by atoms with Gasteiger partial charge < -0.3 is 14.7 Å². The van der Waals surface area contributed by atoms with Crippen LogP contribution in [0.4, 0.5) is 5.69 Å². The smallest absolute Gasteiger partial charge is 0.0948 e. The molecule has 3 heteroatoms. The number of aliphatic hydroxyl groups excluding tert-OH is 1. The van der Waals surface area contributed by atoms with Crippen LogP contribution in [-0.4, -0.2) is 37.0 Å². The number of hydrogen-bond donors (Lipinski definition) is 1. The summed E-state index contributed by atoms with van der Waals surface area (Å²) in [7, 11) is 1.98. The van der Waals surface area contributed by atoms with E-state index in [1.54, 1.807) is 0 Å². The molecule has 0 aliphatic rings. The molecule has 0 saturated carbocycles. The molecule has 0 heterocycles. The van der Waals surface area contributed by atoms with E-state index >= 15 is 0 Å². The first-order valence-corrected chi connectivity index (χ1v) is 6.38. The first kappa shape index (κ1) is 15.0. The molecule has 1 rings (SSSR count). The SMILES string of the molecule is Cc1ccc(N(C)CC(O)COC(C)(C)C)cc1. The topological polar surface area (TPSA) is 32.7 Å². The Kier molecular flexibility index (Phi) is 5.17. The number of rotatable bonds is 5. The van der Waals surface area contributed by atoms with Gasteiger partial charge in [0.15, 0.2) is 0 Å². The van der Waals surface area contributed by atoms with E-state index in [9.17, 15) is 5.11 Å². The van der Waals surface area contributed by atoms with Gasteiger partial charge in [0.05, 0.1) is 18.3 Å². The van der Waals surface area contributed by atoms with E-state index in [1.807, 2.05) is 32.7 Å². The van der Waals surface area contributed by atoms with Crippen molar-refractivity contribution in [2.75, 3.05) is 25.1 Å². The van der Waals surface area contributed by atoms with Gasteiger partial charge in [-0.25, -0.2) is 0 Å². The average Bonchev–Trinajstić information content (AvgIpc) is 2.26. The molecule has 1 atom stereocenters. The first-order chi connectivity index (χ1) is 8.28. The normalized spacial score (nSPS) is 13.4. The van der Waals surface area contributed by atoms with Crippen molar-refractivity contribution >= 4 is 5.69 Å². The van der Waals surface area contributed by atoms with E-state index in [0.717, 1.165) is 5.69 Å². The van der Waals surface area contributed by atoms with Gasteiger partial charge in [-0.15, -0.1) is 0 Å². The molecule has 1 aromatic rings. The standard InChI is InChI=1S/C15H25NO2/c1-12-6-8-13(9-7-12)16(5)10-14(17)11-18-15(2,3)4/h6-9,14,17H,10-11H2,1-5H3. The Hall–Kier alpha value is -1.06. The molecule has 0 aromatic heterocycles. The van der Waals surface area contributed by atoms with Crippen LogP contribution < -0.4 is 4.90 Å². The Bertz CT molecular complexity index is 354. The molecule has 0 aliphatic heterocycles. The van der Waals surface area contributed by atoms with Crippen molar-refractivity contribution in [2.45, 2.75) is 39.4 Å². The molecule has 102 valence electrons. The molecule has 1 unspecified atom stereocenters. The number of aliphatic hydroxyl groups is 1. The van der Waals surface area contributed by atoms with Crippen molar-refractivity contribution in [1.29, 1.82) is 0 Å². The molecule has 0 fully saturated rings. The van der Waals surface area contributed by atoms with Crippen LogP contribution in [0.25, 0.3) is 0 Å². The number of ether oxygens (including phenoxy) is 1. The average molecular weight is 251 g/mol. The maximum atomic E-state index is 9.93.